The van der Waals surface area contributed by atoms with Gasteiger partial charge in [0.25, 0.3) is 0 Å². The molecule has 1 rings (SSSR count). The molecule has 1 fully saturated rings. The van der Waals surface area contributed by atoms with Crippen molar-refractivity contribution >= 4 is 0 Å². The molecule has 2 atom stereocenters. The number of aliphatic hydroxyl groups is 2. The molecule has 0 saturated heterocycles. The maximum Gasteiger partial charge on any atom is 0.0784 e. The highest BCUT2D eigenvalue weighted by molar-refractivity contribution is 5.22. The number of unbranched alkanes of at least 4 members (excludes halogenated alkanes) is 1. The molecule has 2 N–H and O–H groups in total. The molecule has 2 heteroatoms. The minimum absolute atomic E-state index is 0.340. The number of aliphatic hydroxyl groups excluding tert-OH is 1. The molecular formula is C21H36O2. The van der Waals surface area contributed by atoms with Gasteiger partial charge in [0.2, 0.25) is 0 Å². The second kappa shape index (κ2) is 10.1. The fourth-order valence-corrected chi connectivity index (χ4v) is 3.05. The fraction of sp³-hybridized carbons (Fsp3) is 0.714. The smallest absolute Gasteiger partial charge is 0.0784 e. The molecule has 23 heavy (non-hydrogen) atoms. The summed E-state index contributed by atoms with van der Waals surface area (Å²) in [5.74, 6) is 0.739. The first kappa shape index (κ1) is 20.2. The molecule has 1 aliphatic carbocycles. The summed E-state index contributed by atoms with van der Waals surface area (Å²) in [7, 11) is 0. The first-order chi connectivity index (χ1) is 10.8. The van der Waals surface area contributed by atoms with E-state index in [1.165, 1.54) is 24.8 Å². The van der Waals surface area contributed by atoms with Gasteiger partial charge in [-0.2, -0.15) is 0 Å². The summed E-state index contributed by atoms with van der Waals surface area (Å²) in [6, 6.07) is 0. The van der Waals surface area contributed by atoms with Gasteiger partial charge in [0, 0.05) is 0 Å². The lowest BCUT2D eigenvalue weighted by Gasteiger charge is -2.21. The molecule has 2 unspecified atom stereocenters. The van der Waals surface area contributed by atoms with E-state index in [2.05, 4.69) is 31.7 Å². The Kier molecular flexibility index (Phi) is 8.86. The number of hydrogen-bond acceptors (Lipinski definition) is 2. The summed E-state index contributed by atoms with van der Waals surface area (Å²) in [5.41, 5.74) is 1.79. The van der Waals surface area contributed by atoms with Crippen molar-refractivity contribution in [2.75, 3.05) is 0 Å². The number of allylic oxidation sites excluding steroid dienone is 3. The van der Waals surface area contributed by atoms with Gasteiger partial charge in [-0.3, -0.25) is 0 Å². The summed E-state index contributed by atoms with van der Waals surface area (Å²) in [4.78, 5) is 0. The van der Waals surface area contributed by atoms with Crippen LogP contribution in [0.2, 0.25) is 0 Å². The zero-order chi connectivity index (χ0) is 17.3. The summed E-state index contributed by atoms with van der Waals surface area (Å²) in [6.45, 7) is 9.98. The van der Waals surface area contributed by atoms with Crippen molar-refractivity contribution in [1.29, 1.82) is 0 Å². The molecule has 0 heterocycles. The maximum absolute atomic E-state index is 9.79. The Morgan fingerprint density at radius 2 is 1.96 bits per heavy atom. The third-order valence-corrected chi connectivity index (χ3v) is 4.72. The molecular weight excluding hydrogens is 284 g/mol. The van der Waals surface area contributed by atoms with E-state index in [-0.39, 0.29) is 6.10 Å². The SMILES string of the molecule is C=C1CC/C(=C/C=C/CCCC(C)CCCC(C)(C)O)CC1O. The minimum atomic E-state index is -0.519. The fourth-order valence-electron chi connectivity index (χ4n) is 3.05. The van der Waals surface area contributed by atoms with E-state index in [0.29, 0.717) is 0 Å². The maximum atomic E-state index is 9.79. The van der Waals surface area contributed by atoms with Crippen molar-refractivity contribution in [3.63, 3.8) is 0 Å². The van der Waals surface area contributed by atoms with Crippen molar-refractivity contribution in [2.45, 2.75) is 90.3 Å². The Morgan fingerprint density at radius 3 is 2.61 bits per heavy atom. The topological polar surface area (TPSA) is 40.5 Å². The van der Waals surface area contributed by atoms with Gasteiger partial charge in [0.1, 0.15) is 0 Å². The lowest BCUT2D eigenvalue weighted by atomic mass is 9.89. The highest BCUT2D eigenvalue weighted by Crippen LogP contribution is 2.26. The molecule has 132 valence electrons. The van der Waals surface area contributed by atoms with Gasteiger partial charge in [0.05, 0.1) is 11.7 Å². The van der Waals surface area contributed by atoms with Crippen molar-refractivity contribution in [3.8, 4) is 0 Å². The third kappa shape index (κ3) is 9.78. The van der Waals surface area contributed by atoms with Crippen molar-refractivity contribution in [3.05, 3.63) is 36.0 Å². The van der Waals surface area contributed by atoms with Crippen molar-refractivity contribution < 1.29 is 10.2 Å². The van der Waals surface area contributed by atoms with Crippen LogP contribution in [0, 0.1) is 5.92 Å². The van der Waals surface area contributed by atoms with E-state index < -0.39 is 5.60 Å². The van der Waals surface area contributed by atoms with Crippen molar-refractivity contribution in [1.82, 2.24) is 0 Å². The Labute approximate surface area is 143 Å². The average molecular weight is 321 g/mol. The van der Waals surface area contributed by atoms with Crippen LogP contribution in [-0.2, 0) is 0 Å². The predicted octanol–water partition coefficient (Wildman–Crippen LogP) is 5.32. The summed E-state index contributed by atoms with van der Waals surface area (Å²) < 4.78 is 0. The summed E-state index contributed by atoms with van der Waals surface area (Å²) >= 11 is 0. The van der Waals surface area contributed by atoms with Gasteiger partial charge in [0.15, 0.2) is 0 Å². The van der Waals surface area contributed by atoms with E-state index >= 15 is 0 Å². The average Bonchev–Trinajstić information content (AvgIpc) is 2.45. The molecule has 2 nitrogen and oxygen atoms in total. The Balaban J connectivity index is 2.11. The molecule has 0 aromatic rings. The van der Waals surface area contributed by atoms with Crippen LogP contribution in [0.25, 0.3) is 0 Å². The lowest BCUT2D eigenvalue weighted by Crippen LogP contribution is -2.18. The van der Waals surface area contributed by atoms with Gasteiger partial charge >= 0.3 is 0 Å². The first-order valence-electron chi connectivity index (χ1n) is 9.20. The van der Waals surface area contributed by atoms with Crippen LogP contribution >= 0.6 is 0 Å². The number of rotatable bonds is 9. The Morgan fingerprint density at radius 1 is 1.26 bits per heavy atom. The Hall–Kier alpha value is -0.860. The highest BCUT2D eigenvalue weighted by Gasteiger charge is 2.16. The molecule has 0 aromatic carbocycles. The molecule has 1 aliphatic rings. The minimum Gasteiger partial charge on any atom is -0.390 e. The van der Waals surface area contributed by atoms with Gasteiger partial charge in [-0.25, -0.2) is 0 Å². The second-order valence-electron chi connectivity index (χ2n) is 7.87. The Bertz CT molecular complexity index is 412. The van der Waals surface area contributed by atoms with Gasteiger partial charge in [-0.15, -0.1) is 0 Å². The third-order valence-electron chi connectivity index (χ3n) is 4.72. The van der Waals surface area contributed by atoms with Crippen LogP contribution < -0.4 is 0 Å². The van der Waals surface area contributed by atoms with Gasteiger partial charge in [-0.05, 0) is 63.9 Å². The van der Waals surface area contributed by atoms with E-state index in [1.807, 2.05) is 13.8 Å². The van der Waals surface area contributed by atoms with E-state index in [9.17, 15) is 10.2 Å². The highest BCUT2D eigenvalue weighted by atomic mass is 16.3. The normalized spacial score (nSPS) is 22.9. The van der Waals surface area contributed by atoms with Crippen LogP contribution in [0.3, 0.4) is 0 Å². The lowest BCUT2D eigenvalue weighted by molar-refractivity contribution is 0.0669. The van der Waals surface area contributed by atoms with Crippen LogP contribution in [0.1, 0.15) is 78.6 Å². The molecule has 0 aliphatic heterocycles. The van der Waals surface area contributed by atoms with Crippen molar-refractivity contribution in [2.24, 2.45) is 5.92 Å². The summed E-state index contributed by atoms with van der Waals surface area (Å²) in [6.07, 6.45) is 15.7. The predicted molar refractivity (Wildman–Crippen MR) is 99.4 cm³/mol. The molecule has 0 bridgehead atoms. The molecule has 0 aromatic heterocycles. The second-order valence-corrected chi connectivity index (χ2v) is 7.87. The summed E-state index contributed by atoms with van der Waals surface area (Å²) in [5, 5.41) is 19.5. The number of hydrogen-bond donors (Lipinski definition) is 2. The van der Waals surface area contributed by atoms with E-state index in [4.69, 9.17) is 0 Å². The molecule has 0 radical (unpaired) electrons. The van der Waals surface area contributed by atoms with Crippen LogP contribution in [0.5, 0.6) is 0 Å². The quantitative estimate of drug-likeness (QED) is 0.446. The van der Waals surface area contributed by atoms with E-state index in [1.54, 1.807) is 0 Å². The molecule has 0 amide bonds. The standard InChI is InChI=1S/C21H36O2/c1-17(11-9-15-21(3,4)23)10-7-5-6-8-12-19-14-13-18(2)20(22)16-19/h6,8,12,17,20,22-23H,2,5,7,9-11,13-16H2,1,3-4H3/b8-6+,19-12-. The van der Waals surface area contributed by atoms with E-state index in [0.717, 1.165) is 50.0 Å². The monoisotopic (exact) mass is 320 g/mol. The molecule has 1 saturated carbocycles. The first-order valence-corrected chi connectivity index (χ1v) is 9.20. The molecule has 0 spiro atoms. The largest absolute Gasteiger partial charge is 0.390 e. The van der Waals surface area contributed by atoms with Crippen LogP contribution in [0.4, 0.5) is 0 Å². The van der Waals surface area contributed by atoms with Gasteiger partial charge < -0.3 is 10.2 Å². The zero-order valence-electron chi connectivity index (χ0n) is 15.4. The van der Waals surface area contributed by atoms with Gasteiger partial charge in [-0.1, -0.05) is 56.6 Å². The van der Waals surface area contributed by atoms with Crippen LogP contribution in [-0.4, -0.2) is 21.9 Å². The van der Waals surface area contributed by atoms with Crippen LogP contribution in [0.15, 0.2) is 36.0 Å². The zero-order valence-corrected chi connectivity index (χ0v) is 15.4.